The van der Waals surface area contributed by atoms with Gasteiger partial charge in [-0.15, -0.1) is 0 Å². The van der Waals surface area contributed by atoms with Crippen LogP contribution in [0, 0.1) is 6.92 Å². The fraction of sp³-hybridized carbons (Fsp3) is 0.179. The van der Waals surface area contributed by atoms with Crippen LogP contribution in [0.1, 0.15) is 37.6 Å². The van der Waals surface area contributed by atoms with Gasteiger partial charge in [0.1, 0.15) is 17.3 Å². The zero-order chi connectivity index (χ0) is 33.8. The first-order valence-electron chi connectivity index (χ1n) is 15.5. The third-order valence-corrected chi connectivity index (χ3v) is 8.50. The summed E-state index contributed by atoms with van der Waals surface area (Å²) in [7, 11) is 1.63. The van der Waals surface area contributed by atoms with Gasteiger partial charge in [-0.1, -0.05) is 69.3 Å². The second-order valence-electron chi connectivity index (χ2n) is 12.7. The van der Waals surface area contributed by atoms with Crippen molar-refractivity contribution in [2.75, 3.05) is 7.11 Å². The molecule has 0 saturated heterocycles. The van der Waals surface area contributed by atoms with Crippen LogP contribution in [-0.4, -0.2) is 26.4 Å². The molecule has 242 valence electrons. The Labute approximate surface area is 276 Å². The van der Waals surface area contributed by atoms with Crippen LogP contribution in [-0.2, 0) is 11.6 Å². The second kappa shape index (κ2) is 11.6. The Bertz CT molecular complexity index is 2290. The first kappa shape index (κ1) is 31.1. The summed E-state index contributed by atoms with van der Waals surface area (Å²) in [6, 6.07) is 31.2. The van der Waals surface area contributed by atoms with Gasteiger partial charge in [-0.05, 0) is 65.9 Å². The monoisotopic (exact) mass is 646 g/mol. The van der Waals surface area contributed by atoms with Crippen molar-refractivity contribution < 1.29 is 22.6 Å². The maximum Gasteiger partial charge on any atom is 0.416 e. The number of fused-ring (bicyclic) bond motifs is 3. The van der Waals surface area contributed by atoms with Crippen molar-refractivity contribution in [2.24, 2.45) is 0 Å². The molecule has 0 unspecified atom stereocenters. The van der Waals surface area contributed by atoms with E-state index >= 15 is 0 Å². The highest BCUT2D eigenvalue weighted by Crippen LogP contribution is 2.39. The highest BCUT2D eigenvalue weighted by molar-refractivity contribution is 6.09. The molecule has 3 aromatic heterocycles. The van der Waals surface area contributed by atoms with Gasteiger partial charge in [0.2, 0.25) is 5.88 Å². The number of ether oxygens (including phenoxy) is 2. The molecule has 4 aromatic carbocycles. The highest BCUT2D eigenvalue weighted by atomic mass is 19.4. The number of rotatable bonds is 6. The number of pyridine rings is 1. The number of hydrogen-bond acceptors (Lipinski definition) is 4. The Morgan fingerprint density at radius 2 is 1.44 bits per heavy atom. The highest BCUT2D eigenvalue weighted by Gasteiger charge is 2.31. The van der Waals surface area contributed by atoms with Gasteiger partial charge in [0.15, 0.2) is 0 Å². The zero-order valence-electron chi connectivity index (χ0n) is 27.1. The van der Waals surface area contributed by atoms with Gasteiger partial charge in [0.25, 0.3) is 0 Å². The molecule has 0 bridgehead atoms. The molecule has 0 fully saturated rings. The van der Waals surface area contributed by atoms with Crippen molar-refractivity contribution in [3.05, 3.63) is 126 Å². The van der Waals surface area contributed by atoms with Crippen LogP contribution < -0.4 is 9.47 Å². The molecular formula is C39H33F3N4O2. The minimum atomic E-state index is -4.50. The lowest BCUT2D eigenvalue weighted by molar-refractivity contribution is -0.137. The molecule has 0 aliphatic rings. The molecule has 0 atom stereocenters. The van der Waals surface area contributed by atoms with Crippen LogP contribution in [0.2, 0.25) is 0 Å². The minimum absolute atomic E-state index is 0.0401. The lowest BCUT2D eigenvalue weighted by Crippen LogP contribution is -2.10. The first-order chi connectivity index (χ1) is 22.9. The Morgan fingerprint density at radius 3 is 2.17 bits per heavy atom. The number of para-hydroxylation sites is 1. The van der Waals surface area contributed by atoms with E-state index in [4.69, 9.17) is 14.6 Å². The summed E-state index contributed by atoms with van der Waals surface area (Å²) < 4.78 is 56.7. The first-order valence-corrected chi connectivity index (χ1v) is 15.5. The van der Waals surface area contributed by atoms with Gasteiger partial charge in [-0.3, -0.25) is 4.57 Å². The number of methoxy groups -OCH3 is 1. The largest absolute Gasteiger partial charge is 0.480 e. The SMILES string of the molecule is COc1c(-c2ccc(C(C)(C)C)cc2)c(C)nn1-c1cccc(Oc2ccc3c4ccccc4n(-c4cc(C(F)(F)F)ccn4)c3c2)c1. The summed E-state index contributed by atoms with van der Waals surface area (Å²) in [5.41, 5.74) is 5.41. The maximum absolute atomic E-state index is 13.6. The van der Waals surface area contributed by atoms with E-state index < -0.39 is 11.7 Å². The number of nitrogens with zero attached hydrogens (tertiary/aromatic N) is 4. The normalized spacial score (nSPS) is 12.2. The van der Waals surface area contributed by atoms with E-state index in [2.05, 4.69) is 50.0 Å². The molecule has 0 saturated carbocycles. The smallest absolute Gasteiger partial charge is 0.416 e. The predicted octanol–water partition coefficient (Wildman–Crippen LogP) is 10.5. The van der Waals surface area contributed by atoms with E-state index in [1.54, 1.807) is 16.4 Å². The van der Waals surface area contributed by atoms with Crippen molar-refractivity contribution in [1.82, 2.24) is 19.3 Å². The van der Waals surface area contributed by atoms with E-state index in [0.717, 1.165) is 50.9 Å². The van der Waals surface area contributed by atoms with E-state index in [1.807, 2.05) is 73.7 Å². The van der Waals surface area contributed by atoms with Gasteiger partial charge in [0, 0.05) is 29.1 Å². The van der Waals surface area contributed by atoms with Crippen LogP contribution in [0.4, 0.5) is 13.2 Å². The van der Waals surface area contributed by atoms with Gasteiger partial charge in [0.05, 0.1) is 40.7 Å². The number of aryl methyl sites for hydroxylation is 1. The summed E-state index contributed by atoms with van der Waals surface area (Å²) in [5.74, 6) is 1.84. The van der Waals surface area contributed by atoms with Crippen molar-refractivity contribution >= 4 is 21.8 Å². The van der Waals surface area contributed by atoms with Gasteiger partial charge >= 0.3 is 6.18 Å². The molecule has 9 heteroatoms. The predicted molar refractivity (Wildman–Crippen MR) is 183 cm³/mol. The summed E-state index contributed by atoms with van der Waals surface area (Å²) in [6.07, 6.45) is -3.31. The fourth-order valence-corrected chi connectivity index (χ4v) is 6.13. The van der Waals surface area contributed by atoms with E-state index in [1.165, 1.54) is 11.8 Å². The summed E-state index contributed by atoms with van der Waals surface area (Å²) >= 11 is 0. The summed E-state index contributed by atoms with van der Waals surface area (Å²) in [4.78, 5) is 4.32. The Morgan fingerprint density at radius 1 is 0.708 bits per heavy atom. The van der Waals surface area contributed by atoms with Crippen LogP contribution in [0.15, 0.2) is 109 Å². The molecule has 48 heavy (non-hydrogen) atoms. The molecule has 3 heterocycles. The lowest BCUT2D eigenvalue weighted by atomic mass is 9.86. The van der Waals surface area contributed by atoms with Gasteiger partial charge in [-0.25, -0.2) is 9.67 Å². The Kier molecular flexibility index (Phi) is 7.50. The van der Waals surface area contributed by atoms with Crippen LogP contribution in [0.25, 0.3) is 44.4 Å². The third kappa shape index (κ3) is 5.55. The number of alkyl halides is 3. The molecule has 7 aromatic rings. The zero-order valence-corrected chi connectivity index (χ0v) is 27.1. The quantitative estimate of drug-likeness (QED) is 0.180. The lowest BCUT2D eigenvalue weighted by Gasteiger charge is -2.19. The third-order valence-electron chi connectivity index (χ3n) is 8.50. The fourth-order valence-electron chi connectivity index (χ4n) is 6.13. The minimum Gasteiger partial charge on any atom is -0.480 e. The topological polar surface area (TPSA) is 54.1 Å². The van der Waals surface area contributed by atoms with Crippen molar-refractivity contribution in [3.63, 3.8) is 0 Å². The maximum atomic E-state index is 13.6. The molecule has 0 spiro atoms. The van der Waals surface area contributed by atoms with Gasteiger partial charge in [-0.2, -0.15) is 18.3 Å². The second-order valence-corrected chi connectivity index (χ2v) is 12.7. The van der Waals surface area contributed by atoms with Crippen LogP contribution in [0.5, 0.6) is 17.4 Å². The number of benzene rings is 4. The molecule has 0 amide bonds. The van der Waals surface area contributed by atoms with Gasteiger partial charge < -0.3 is 9.47 Å². The molecule has 0 radical (unpaired) electrons. The van der Waals surface area contributed by atoms with Crippen molar-refractivity contribution in [1.29, 1.82) is 0 Å². The summed E-state index contributed by atoms with van der Waals surface area (Å²) in [5, 5.41) is 6.59. The summed E-state index contributed by atoms with van der Waals surface area (Å²) in [6.45, 7) is 8.52. The van der Waals surface area contributed by atoms with Crippen LogP contribution in [0.3, 0.4) is 0 Å². The molecule has 7 rings (SSSR count). The molecule has 6 nitrogen and oxygen atoms in total. The number of halogens is 3. The standard InChI is InChI=1S/C39H33F3N4O2/c1-24-36(25-13-15-26(16-14-25)38(2,3)4)37(47-5)46(44-24)28-9-8-10-29(22-28)48-30-17-18-32-31-11-6-7-12-33(31)45(34(32)23-30)35-21-27(19-20-43-35)39(40,41)42/h6-23H,1-5H3. The molecular weight excluding hydrogens is 613 g/mol. The van der Waals surface area contributed by atoms with Crippen LogP contribution >= 0.6 is 0 Å². The average Bonchev–Trinajstić information content (AvgIpc) is 3.58. The molecule has 0 aliphatic carbocycles. The Balaban J connectivity index is 1.26. The van der Waals surface area contributed by atoms with E-state index in [9.17, 15) is 13.2 Å². The number of hydrogen-bond donors (Lipinski definition) is 0. The van der Waals surface area contributed by atoms with Crippen molar-refractivity contribution in [3.8, 4) is 40.0 Å². The Hall–Kier alpha value is -5.57. The van der Waals surface area contributed by atoms with Crippen molar-refractivity contribution in [2.45, 2.75) is 39.3 Å². The van der Waals surface area contributed by atoms with E-state index in [0.29, 0.717) is 22.9 Å². The molecule has 0 N–H and O–H groups in total. The average molecular weight is 647 g/mol. The number of aromatic nitrogens is 4. The van der Waals surface area contributed by atoms with E-state index in [-0.39, 0.29) is 11.2 Å². The molecule has 0 aliphatic heterocycles.